The molecule has 6 rings (SSSR count). The number of fused-ring (bicyclic) bond motifs is 4. The van der Waals surface area contributed by atoms with Crippen LogP contribution in [0.5, 0.6) is 0 Å². The van der Waals surface area contributed by atoms with Crippen molar-refractivity contribution in [2.75, 3.05) is 7.05 Å². The molecule has 5 aromatic rings. The lowest BCUT2D eigenvalue weighted by Gasteiger charge is -2.32. The second kappa shape index (κ2) is 9.10. The van der Waals surface area contributed by atoms with Crippen molar-refractivity contribution in [2.24, 2.45) is 5.41 Å². The number of aryl methyl sites for hydroxylation is 2. The molecule has 2 aromatic carbocycles. The number of amides is 1. The maximum Gasteiger partial charge on any atom is 0.251 e. The third-order valence-electron chi connectivity index (χ3n) is 7.69. The molecule has 1 aliphatic carbocycles. The first-order valence-corrected chi connectivity index (χ1v) is 13.1. The molecule has 0 saturated carbocycles. The second-order valence-electron chi connectivity index (χ2n) is 10.6. The molecule has 3 aromatic heterocycles. The van der Waals surface area contributed by atoms with E-state index in [1.54, 1.807) is 37.6 Å². The number of rotatable bonds is 5. The van der Waals surface area contributed by atoms with Crippen molar-refractivity contribution in [2.45, 2.75) is 39.5 Å². The van der Waals surface area contributed by atoms with Crippen molar-refractivity contribution in [3.05, 3.63) is 94.0 Å². The van der Waals surface area contributed by atoms with Gasteiger partial charge in [-0.15, -0.1) is 0 Å². The van der Waals surface area contributed by atoms with E-state index in [9.17, 15) is 9.59 Å². The van der Waals surface area contributed by atoms with Crippen LogP contribution >= 0.6 is 11.6 Å². The monoisotopic (exact) mass is 525 g/mol. The highest BCUT2D eigenvalue weighted by Gasteiger charge is 2.35. The Balaban J connectivity index is 1.24. The molecule has 1 atom stereocenters. The highest BCUT2D eigenvalue weighted by Crippen LogP contribution is 2.40. The molecule has 8 heteroatoms. The molecule has 38 heavy (non-hydrogen) atoms. The van der Waals surface area contributed by atoms with E-state index in [1.807, 2.05) is 21.2 Å². The number of aromatic nitrogens is 4. The highest BCUT2D eigenvalue weighted by molar-refractivity contribution is 6.34. The molecule has 7 nitrogen and oxygen atoms in total. The standard InChI is InChI=1S/C30H28ClN5O2/c1-18-4-8-26-22-14-30(2,11-10-24(22)34-36(26)16-18)15-28(37)21-7-6-20(13-23(21)31)35-17-33-25-12-19(29(38)32-3)5-9-27(25)35/h4-9,12-13,16-17H,10-11,14-15H2,1-3H3,(H,32,38). The molecule has 0 fully saturated rings. The summed E-state index contributed by atoms with van der Waals surface area (Å²) in [6, 6.07) is 15.1. The summed E-state index contributed by atoms with van der Waals surface area (Å²) in [6.07, 6.45) is 6.76. The largest absolute Gasteiger partial charge is 0.355 e. The van der Waals surface area contributed by atoms with Crippen molar-refractivity contribution in [3.8, 4) is 5.69 Å². The summed E-state index contributed by atoms with van der Waals surface area (Å²) in [5, 5.41) is 7.83. The number of halogens is 1. The number of ketones is 1. The molecular formula is C30H28ClN5O2. The van der Waals surface area contributed by atoms with Gasteiger partial charge in [-0.05, 0) is 79.6 Å². The molecule has 192 valence electrons. The first kappa shape index (κ1) is 24.4. The number of nitrogens with one attached hydrogen (secondary N) is 1. The van der Waals surface area contributed by atoms with Gasteiger partial charge in [-0.2, -0.15) is 5.10 Å². The summed E-state index contributed by atoms with van der Waals surface area (Å²) in [5.41, 5.74) is 7.96. The Morgan fingerprint density at radius 2 is 1.92 bits per heavy atom. The number of hydrogen-bond donors (Lipinski definition) is 1. The molecule has 1 N–H and O–H groups in total. The molecular weight excluding hydrogens is 498 g/mol. The Kier molecular flexibility index (Phi) is 5.83. The van der Waals surface area contributed by atoms with Gasteiger partial charge in [0.05, 0.1) is 27.3 Å². The Hall–Kier alpha value is -3.97. The van der Waals surface area contributed by atoms with Crippen LogP contribution in [-0.2, 0) is 12.8 Å². The van der Waals surface area contributed by atoms with Crippen molar-refractivity contribution < 1.29 is 9.59 Å². The summed E-state index contributed by atoms with van der Waals surface area (Å²) in [5.74, 6) is -0.113. The maximum atomic E-state index is 13.5. The van der Waals surface area contributed by atoms with Gasteiger partial charge in [-0.3, -0.25) is 14.2 Å². The van der Waals surface area contributed by atoms with Gasteiger partial charge in [0.1, 0.15) is 6.33 Å². The predicted molar refractivity (Wildman–Crippen MR) is 148 cm³/mol. The van der Waals surface area contributed by atoms with Crippen molar-refractivity contribution >= 4 is 39.8 Å². The van der Waals surface area contributed by atoms with Crippen molar-refractivity contribution in [1.29, 1.82) is 0 Å². The minimum atomic E-state index is -0.163. The van der Waals surface area contributed by atoms with E-state index in [1.165, 1.54) is 11.1 Å². The van der Waals surface area contributed by atoms with Gasteiger partial charge in [-0.1, -0.05) is 24.6 Å². The number of carbonyl (C=O) groups excluding carboxylic acids is 2. The molecule has 1 amide bonds. The smallest absolute Gasteiger partial charge is 0.251 e. The van der Waals surface area contributed by atoms with E-state index < -0.39 is 0 Å². The fraction of sp³-hybridized carbons (Fsp3) is 0.267. The minimum Gasteiger partial charge on any atom is -0.355 e. The second-order valence-corrected chi connectivity index (χ2v) is 11.0. The Morgan fingerprint density at radius 3 is 2.71 bits per heavy atom. The summed E-state index contributed by atoms with van der Waals surface area (Å²) in [4.78, 5) is 29.9. The number of Topliss-reactive ketones (excluding diaryl/α,β-unsaturated/α-hetero) is 1. The average molecular weight is 526 g/mol. The summed E-state index contributed by atoms with van der Waals surface area (Å²) < 4.78 is 3.88. The third-order valence-corrected chi connectivity index (χ3v) is 8.00. The molecule has 3 heterocycles. The Labute approximate surface area is 225 Å². The van der Waals surface area contributed by atoms with E-state index in [0.717, 1.165) is 41.7 Å². The number of carbonyl (C=O) groups is 2. The zero-order valence-corrected chi connectivity index (χ0v) is 22.3. The van der Waals surface area contributed by atoms with Gasteiger partial charge in [0.25, 0.3) is 5.91 Å². The fourth-order valence-corrected chi connectivity index (χ4v) is 5.88. The summed E-state index contributed by atoms with van der Waals surface area (Å²) in [6.45, 7) is 4.26. The quantitative estimate of drug-likeness (QED) is 0.296. The fourth-order valence-electron chi connectivity index (χ4n) is 5.60. The molecule has 1 unspecified atom stereocenters. The average Bonchev–Trinajstić information content (AvgIpc) is 3.47. The first-order chi connectivity index (χ1) is 18.2. The predicted octanol–water partition coefficient (Wildman–Crippen LogP) is 5.76. The lowest BCUT2D eigenvalue weighted by atomic mass is 9.71. The molecule has 0 spiro atoms. The number of pyridine rings is 1. The number of hydrogen-bond acceptors (Lipinski definition) is 4. The zero-order chi connectivity index (χ0) is 26.6. The van der Waals surface area contributed by atoms with Crippen LogP contribution in [0.3, 0.4) is 0 Å². The lowest BCUT2D eigenvalue weighted by molar-refractivity contribution is 0.0907. The SMILES string of the molecule is CNC(=O)c1ccc2c(c1)ncn2-c1ccc(C(=O)CC2(C)CCc3nn4cc(C)ccc4c3C2)c(Cl)c1. The van der Waals surface area contributed by atoms with Crippen LogP contribution in [-0.4, -0.2) is 37.9 Å². The minimum absolute atomic E-state index is 0.0468. The van der Waals surface area contributed by atoms with Gasteiger partial charge in [0.2, 0.25) is 0 Å². The normalized spacial score (nSPS) is 17.1. The molecule has 0 radical (unpaired) electrons. The van der Waals surface area contributed by atoms with Gasteiger partial charge in [0.15, 0.2) is 5.78 Å². The molecule has 0 aliphatic heterocycles. The van der Waals surface area contributed by atoms with E-state index >= 15 is 0 Å². The summed E-state index contributed by atoms with van der Waals surface area (Å²) >= 11 is 6.68. The number of nitrogens with zero attached hydrogens (tertiary/aromatic N) is 4. The van der Waals surface area contributed by atoms with Crippen LogP contribution in [0.4, 0.5) is 0 Å². The topological polar surface area (TPSA) is 81.3 Å². The van der Waals surface area contributed by atoms with Gasteiger partial charge >= 0.3 is 0 Å². The highest BCUT2D eigenvalue weighted by atomic mass is 35.5. The molecule has 0 saturated heterocycles. The first-order valence-electron chi connectivity index (χ1n) is 12.7. The van der Waals surface area contributed by atoms with E-state index in [4.69, 9.17) is 16.7 Å². The van der Waals surface area contributed by atoms with Crippen LogP contribution < -0.4 is 5.32 Å². The lowest BCUT2D eigenvalue weighted by Crippen LogP contribution is -2.28. The van der Waals surface area contributed by atoms with Crippen LogP contribution in [0.2, 0.25) is 5.02 Å². The van der Waals surface area contributed by atoms with Crippen LogP contribution in [0, 0.1) is 12.3 Å². The van der Waals surface area contributed by atoms with Crippen molar-refractivity contribution in [1.82, 2.24) is 24.5 Å². The van der Waals surface area contributed by atoms with Crippen LogP contribution in [0.1, 0.15) is 57.3 Å². The van der Waals surface area contributed by atoms with Crippen LogP contribution in [0.25, 0.3) is 22.2 Å². The Morgan fingerprint density at radius 1 is 1.11 bits per heavy atom. The number of benzene rings is 2. The zero-order valence-electron chi connectivity index (χ0n) is 21.6. The molecule has 1 aliphatic rings. The summed E-state index contributed by atoms with van der Waals surface area (Å²) in [7, 11) is 1.60. The van der Waals surface area contributed by atoms with E-state index in [2.05, 4.69) is 42.5 Å². The van der Waals surface area contributed by atoms with Gasteiger partial charge < -0.3 is 5.32 Å². The van der Waals surface area contributed by atoms with Crippen LogP contribution in [0.15, 0.2) is 61.1 Å². The van der Waals surface area contributed by atoms with Gasteiger partial charge in [0, 0.05) is 42.0 Å². The van der Waals surface area contributed by atoms with Crippen molar-refractivity contribution in [3.63, 3.8) is 0 Å². The maximum absolute atomic E-state index is 13.5. The van der Waals surface area contributed by atoms with E-state index in [-0.39, 0.29) is 17.1 Å². The van der Waals surface area contributed by atoms with E-state index in [0.29, 0.717) is 28.1 Å². The third kappa shape index (κ3) is 4.17. The molecule has 0 bridgehead atoms. The number of imidazole rings is 1. The van der Waals surface area contributed by atoms with Gasteiger partial charge in [-0.25, -0.2) is 9.50 Å². The Bertz CT molecular complexity index is 1750.